The Labute approximate surface area is 78.8 Å². The maximum atomic E-state index is 13.6. The standard InChI is InChI=1S/C10H18FNO/c11-10(7-12-8-10)4-1-9-2-5-13-6-3-9/h9,12H,1-8H2. The van der Waals surface area contributed by atoms with Gasteiger partial charge in [0, 0.05) is 26.3 Å². The molecule has 2 nitrogen and oxygen atoms in total. The zero-order valence-electron chi connectivity index (χ0n) is 8.02. The molecule has 13 heavy (non-hydrogen) atoms. The highest BCUT2D eigenvalue weighted by molar-refractivity contribution is 4.93. The van der Waals surface area contributed by atoms with Crippen LogP contribution in [0.25, 0.3) is 0 Å². The highest BCUT2D eigenvalue weighted by Gasteiger charge is 2.36. The first-order chi connectivity index (χ1) is 6.29. The molecule has 76 valence electrons. The van der Waals surface area contributed by atoms with Crippen LogP contribution in [-0.2, 0) is 4.74 Å². The number of nitrogens with one attached hydrogen (secondary N) is 1. The number of hydrogen-bond donors (Lipinski definition) is 1. The molecule has 2 fully saturated rings. The average Bonchev–Trinajstić information content (AvgIpc) is 2.13. The lowest BCUT2D eigenvalue weighted by Gasteiger charge is -2.36. The van der Waals surface area contributed by atoms with Gasteiger partial charge in [-0.15, -0.1) is 0 Å². The first-order valence-corrected chi connectivity index (χ1v) is 5.26. The zero-order valence-corrected chi connectivity index (χ0v) is 8.02. The molecule has 0 radical (unpaired) electrons. The Morgan fingerprint density at radius 3 is 2.54 bits per heavy atom. The Hall–Kier alpha value is -0.150. The molecule has 1 N–H and O–H groups in total. The van der Waals surface area contributed by atoms with E-state index in [1.807, 2.05) is 0 Å². The summed E-state index contributed by atoms with van der Waals surface area (Å²) in [5.41, 5.74) is -0.877. The molecule has 2 saturated heterocycles. The summed E-state index contributed by atoms with van der Waals surface area (Å²) < 4.78 is 18.8. The molecule has 2 aliphatic heterocycles. The summed E-state index contributed by atoms with van der Waals surface area (Å²) in [6, 6.07) is 0. The molecule has 0 aliphatic carbocycles. The van der Waals surface area contributed by atoms with E-state index in [1.165, 1.54) is 0 Å². The van der Waals surface area contributed by atoms with Crippen LogP contribution in [0.1, 0.15) is 25.7 Å². The Kier molecular flexibility index (Phi) is 2.84. The van der Waals surface area contributed by atoms with E-state index in [4.69, 9.17) is 4.74 Å². The lowest BCUT2D eigenvalue weighted by Crippen LogP contribution is -2.56. The van der Waals surface area contributed by atoms with Gasteiger partial charge in [0.25, 0.3) is 0 Å². The fourth-order valence-electron chi connectivity index (χ4n) is 2.07. The molecule has 0 aromatic rings. The van der Waals surface area contributed by atoms with Crippen LogP contribution < -0.4 is 5.32 Å². The monoisotopic (exact) mass is 187 g/mol. The molecule has 2 aliphatic rings. The summed E-state index contributed by atoms with van der Waals surface area (Å²) in [4.78, 5) is 0. The zero-order chi connectivity index (χ0) is 9.15. The quantitative estimate of drug-likeness (QED) is 0.723. The van der Waals surface area contributed by atoms with Crippen LogP contribution in [0.4, 0.5) is 4.39 Å². The smallest absolute Gasteiger partial charge is 0.135 e. The molecule has 0 saturated carbocycles. The molecule has 0 atom stereocenters. The first-order valence-electron chi connectivity index (χ1n) is 5.26. The average molecular weight is 187 g/mol. The van der Waals surface area contributed by atoms with Gasteiger partial charge >= 0.3 is 0 Å². The Bertz CT molecular complexity index is 164. The van der Waals surface area contributed by atoms with Crippen molar-refractivity contribution in [3.05, 3.63) is 0 Å². The fraction of sp³-hybridized carbons (Fsp3) is 1.00. The molecule has 0 amide bonds. The second-order valence-corrected chi connectivity index (χ2v) is 4.35. The molecule has 2 heterocycles. The molecular formula is C10H18FNO. The van der Waals surface area contributed by atoms with Gasteiger partial charge in [0.15, 0.2) is 0 Å². The largest absolute Gasteiger partial charge is 0.381 e. The fourth-order valence-corrected chi connectivity index (χ4v) is 2.07. The van der Waals surface area contributed by atoms with Crippen LogP contribution in [0.2, 0.25) is 0 Å². The third kappa shape index (κ3) is 2.41. The van der Waals surface area contributed by atoms with Gasteiger partial charge in [0.1, 0.15) is 5.67 Å². The van der Waals surface area contributed by atoms with Crippen molar-refractivity contribution in [2.75, 3.05) is 26.3 Å². The number of hydrogen-bond acceptors (Lipinski definition) is 2. The maximum Gasteiger partial charge on any atom is 0.135 e. The van der Waals surface area contributed by atoms with E-state index in [-0.39, 0.29) is 0 Å². The van der Waals surface area contributed by atoms with Crippen LogP contribution in [0, 0.1) is 5.92 Å². The van der Waals surface area contributed by atoms with E-state index in [0.717, 1.165) is 38.9 Å². The maximum absolute atomic E-state index is 13.6. The normalized spacial score (nSPS) is 28.4. The summed E-state index contributed by atoms with van der Waals surface area (Å²) in [6.07, 6.45) is 4.04. The molecule has 2 rings (SSSR count). The first kappa shape index (κ1) is 9.41. The van der Waals surface area contributed by atoms with Crippen LogP contribution in [0.5, 0.6) is 0 Å². The second kappa shape index (κ2) is 3.93. The molecule has 0 spiro atoms. The lowest BCUT2D eigenvalue weighted by atomic mass is 9.86. The molecule has 0 bridgehead atoms. The molecule has 0 aromatic heterocycles. The van der Waals surface area contributed by atoms with Crippen molar-refractivity contribution in [3.8, 4) is 0 Å². The summed E-state index contributed by atoms with van der Waals surface area (Å²) in [5, 5.41) is 2.99. The minimum atomic E-state index is -0.877. The minimum Gasteiger partial charge on any atom is -0.381 e. The third-order valence-corrected chi connectivity index (χ3v) is 3.23. The third-order valence-electron chi connectivity index (χ3n) is 3.23. The van der Waals surface area contributed by atoms with E-state index in [2.05, 4.69) is 5.32 Å². The summed E-state index contributed by atoms with van der Waals surface area (Å²) in [6.45, 7) is 2.89. The minimum absolute atomic E-state index is 0.566. The van der Waals surface area contributed by atoms with Crippen molar-refractivity contribution >= 4 is 0 Å². The van der Waals surface area contributed by atoms with Crippen molar-refractivity contribution in [2.45, 2.75) is 31.4 Å². The van der Waals surface area contributed by atoms with Crippen molar-refractivity contribution in [1.82, 2.24) is 5.32 Å². The van der Waals surface area contributed by atoms with Crippen molar-refractivity contribution in [2.24, 2.45) is 5.92 Å². The highest BCUT2D eigenvalue weighted by Crippen LogP contribution is 2.28. The molecular weight excluding hydrogens is 169 g/mol. The van der Waals surface area contributed by atoms with Gasteiger partial charge in [-0.1, -0.05) is 0 Å². The second-order valence-electron chi connectivity index (χ2n) is 4.35. The van der Waals surface area contributed by atoms with Crippen LogP contribution in [0.3, 0.4) is 0 Å². The SMILES string of the molecule is FC1(CCC2CCOCC2)CNC1. The van der Waals surface area contributed by atoms with Gasteiger partial charge in [-0.25, -0.2) is 4.39 Å². The number of ether oxygens (including phenoxy) is 1. The molecule has 0 aromatic carbocycles. The number of halogens is 1. The van der Waals surface area contributed by atoms with Gasteiger partial charge in [-0.05, 0) is 31.6 Å². The van der Waals surface area contributed by atoms with Gasteiger partial charge in [-0.3, -0.25) is 0 Å². The topological polar surface area (TPSA) is 21.3 Å². The molecule has 3 heteroatoms. The molecule has 0 unspecified atom stereocenters. The van der Waals surface area contributed by atoms with Crippen LogP contribution in [-0.4, -0.2) is 32.0 Å². The van der Waals surface area contributed by atoms with Gasteiger partial charge in [0.2, 0.25) is 0 Å². The van der Waals surface area contributed by atoms with Gasteiger partial charge < -0.3 is 10.1 Å². The highest BCUT2D eigenvalue weighted by atomic mass is 19.1. The lowest BCUT2D eigenvalue weighted by molar-refractivity contribution is 0.0398. The van der Waals surface area contributed by atoms with Gasteiger partial charge in [0.05, 0.1) is 0 Å². The summed E-state index contributed by atoms with van der Waals surface area (Å²) >= 11 is 0. The van der Waals surface area contributed by atoms with Crippen molar-refractivity contribution in [1.29, 1.82) is 0 Å². The summed E-state index contributed by atoms with van der Waals surface area (Å²) in [5.74, 6) is 0.710. The number of alkyl halides is 1. The summed E-state index contributed by atoms with van der Waals surface area (Å²) in [7, 11) is 0. The van der Waals surface area contributed by atoms with E-state index in [9.17, 15) is 4.39 Å². The van der Waals surface area contributed by atoms with E-state index < -0.39 is 5.67 Å². The van der Waals surface area contributed by atoms with Crippen molar-refractivity contribution in [3.63, 3.8) is 0 Å². The van der Waals surface area contributed by atoms with E-state index >= 15 is 0 Å². The van der Waals surface area contributed by atoms with Crippen LogP contribution in [0.15, 0.2) is 0 Å². The predicted molar refractivity (Wildman–Crippen MR) is 49.5 cm³/mol. The Balaban J connectivity index is 1.66. The Morgan fingerprint density at radius 1 is 1.31 bits per heavy atom. The Morgan fingerprint density at radius 2 is 2.00 bits per heavy atom. The van der Waals surface area contributed by atoms with Crippen molar-refractivity contribution < 1.29 is 9.13 Å². The predicted octanol–water partition coefficient (Wildman–Crippen LogP) is 1.50. The van der Waals surface area contributed by atoms with Crippen LogP contribution >= 0.6 is 0 Å². The van der Waals surface area contributed by atoms with Gasteiger partial charge in [-0.2, -0.15) is 0 Å². The number of rotatable bonds is 3. The van der Waals surface area contributed by atoms with E-state index in [1.54, 1.807) is 0 Å². The van der Waals surface area contributed by atoms with E-state index in [0.29, 0.717) is 19.0 Å².